The third kappa shape index (κ3) is 2.70. The second kappa shape index (κ2) is 4.94. The van der Waals surface area contributed by atoms with Crippen LogP contribution in [0.15, 0.2) is 36.5 Å². The molecule has 0 atom stereocenters. The Morgan fingerprint density at radius 2 is 1.88 bits per heavy atom. The Balaban J connectivity index is 1.84. The van der Waals surface area contributed by atoms with Gasteiger partial charge in [0.05, 0.1) is 5.69 Å². The Hall–Kier alpha value is -1.61. The van der Waals surface area contributed by atoms with Gasteiger partial charge in [0.25, 0.3) is 0 Å². The predicted molar refractivity (Wildman–Crippen MR) is 64.9 cm³/mol. The van der Waals surface area contributed by atoms with Crippen molar-refractivity contribution < 1.29 is 0 Å². The fourth-order valence-corrected chi connectivity index (χ4v) is 1.62. The number of rotatable bonds is 4. The second-order valence-electron chi connectivity index (χ2n) is 4.04. The quantitative estimate of drug-likeness (QED) is 0.845. The van der Waals surface area contributed by atoms with E-state index in [2.05, 4.69) is 41.6 Å². The van der Waals surface area contributed by atoms with E-state index in [1.165, 1.54) is 16.8 Å². The van der Waals surface area contributed by atoms with Crippen LogP contribution in [-0.4, -0.2) is 9.78 Å². The molecule has 0 radical (unpaired) electrons. The van der Waals surface area contributed by atoms with E-state index >= 15 is 0 Å². The van der Waals surface area contributed by atoms with Crippen LogP contribution in [-0.2, 0) is 20.1 Å². The van der Waals surface area contributed by atoms with Crippen LogP contribution in [0.25, 0.3) is 0 Å². The van der Waals surface area contributed by atoms with Crippen LogP contribution in [0.2, 0.25) is 0 Å². The minimum absolute atomic E-state index is 0.852. The lowest BCUT2D eigenvalue weighted by molar-refractivity contribution is 0.626. The van der Waals surface area contributed by atoms with Crippen molar-refractivity contribution >= 4 is 0 Å². The van der Waals surface area contributed by atoms with Gasteiger partial charge in [0.1, 0.15) is 0 Å². The maximum absolute atomic E-state index is 4.13. The number of aryl methyl sites for hydroxylation is 2. The SMILES string of the molecule is Cc1ccc(CNCc2ccnn2C)cc1. The summed E-state index contributed by atoms with van der Waals surface area (Å²) >= 11 is 0. The topological polar surface area (TPSA) is 29.9 Å². The first-order valence-electron chi connectivity index (χ1n) is 5.49. The molecule has 0 amide bonds. The van der Waals surface area contributed by atoms with Crippen LogP contribution in [0.4, 0.5) is 0 Å². The molecule has 1 N–H and O–H groups in total. The van der Waals surface area contributed by atoms with Gasteiger partial charge in [-0.1, -0.05) is 29.8 Å². The van der Waals surface area contributed by atoms with Crippen molar-refractivity contribution in [2.45, 2.75) is 20.0 Å². The first kappa shape index (κ1) is 10.9. The highest BCUT2D eigenvalue weighted by Crippen LogP contribution is 2.03. The number of aromatic nitrogens is 2. The summed E-state index contributed by atoms with van der Waals surface area (Å²) in [4.78, 5) is 0. The Morgan fingerprint density at radius 1 is 1.12 bits per heavy atom. The van der Waals surface area contributed by atoms with Crippen molar-refractivity contribution in [3.05, 3.63) is 53.3 Å². The van der Waals surface area contributed by atoms with E-state index in [4.69, 9.17) is 0 Å². The van der Waals surface area contributed by atoms with E-state index in [1.807, 2.05) is 24.0 Å². The van der Waals surface area contributed by atoms with E-state index in [0.717, 1.165) is 13.1 Å². The van der Waals surface area contributed by atoms with Crippen molar-refractivity contribution in [1.82, 2.24) is 15.1 Å². The molecule has 16 heavy (non-hydrogen) atoms. The molecule has 84 valence electrons. The van der Waals surface area contributed by atoms with Gasteiger partial charge in [-0.2, -0.15) is 5.10 Å². The summed E-state index contributed by atoms with van der Waals surface area (Å²) in [6.07, 6.45) is 1.82. The molecule has 0 spiro atoms. The van der Waals surface area contributed by atoms with Gasteiger partial charge in [0.2, 0.25) is 0 Å². The summed E-state index contributed by atoms with van der Waals surface area (Å²) in [5.74, 6) is 0. The molecule has 0 saturated heterocycles. The summed E-state index contributed by atoms with van der Waals surface area (Å²) < 4.78 is 1.89. The van der Waals surface area contributed by atoms with Crippen LogP contribution >= 0.6 is 0 Å². The van der Waals surface area contributed by atoms with Crippen molar-refractivity contribution in [3.8, 4) is 0 Å². The van der Waals surface area contributed by atoms with E-state index < -0.39 is 0 Å². The highest BCUT2D eigenvalue weighted by atomic mass is 15.3. The first-order valence-corrected chi connectivity index (χ1v) is 5.49. The predicted octanol–water partition coefficient (Wildman–Crippen LogP) is 2.02. The van der Waals surface area contributed by atoms with Gasteiger partial charge >= 0.3 is 0 Å². The number of nitrogens with zero attached hydrogens (tertiary/aromatic N) is 2. The molecule has 0 saturated carbocycles. The molecule has 1 heterocycles. The summed E-state index contributed by atoms with van der Waals surface area (Å²) in [6, 6.07) is 10.6. The van der Waals surface area contributed by atoms with E-state index in [-0.39, 0.29) is 0 Å². The molecule has 0 fully saturated rings. The second-order valence-corrected chi connectivity index (χ2v) is 4.04. The largest absolute Gasteiger partial charge is 0.307 e. The van der Waals surface area contributed by atoms with Crippen LogP contribution in [0, 0.1) is 6.92 Å². The average molecular weight is 215 g/mol. The van der Waals surface area contributed by atoms with Crippen molar-refractivity contribution in [1.29, 1.82) is 0 Å². The zero-order valence-electron chi connectivity index (χ0n) is 9.77. The fraction of sp³-hybridized carbons (Fsp3) is 0.308. The van der Waals surface area contributed by atoms with Gasteiger partial charge in [-0.05, 0) is 18.6 Å². The molecule has 2 aromatic rings. The minimum atomic E-state index is 0.852. The Kier molecular flexibility index (Phi) is 3.37. The highest BCUT2D eigenvalue weighted by molar-refractivity contribution is 5.21. The molecule has 0 bridgehead atoms. The van der Waals surface area contributed by atoms with Gasteiger partial charge in [-0.15, -0.1) is 0 Å². The van der Waals surface area contributed by atoms with Gasteiger partial charge in [-0.3, -0.25) is 4.68 Å². The molecule has 3 heteroatoms. The maximum Gasteiger partial charge on any atom is 0.0518 e. The van der Waals surface area contributed by atoms with Crippen molar-refractivity contribution in [2.75, 3.05) is 0 Å². The molecule has 1 aromatic heterocycles. The first-order chi connectivity index (χ1) is 7.75. The molecule has 3 nitrogen and oxygen atoms in total. The Morgan fingerprint density at radius 3 is 2.50 bits per heavy atom. The Bertz CT molecular complexity index is 442. The molecule has 1 aromatic carbocycles. The van der Waals surface area contributed by atoms with Gasteiger partial charge in [0.15, 0.2) is 0 Å². The van der Waals surface area contributed by atoms with Crippen LogP contribution < -0.4 is 5.32 Å². The zero-order chi connectivity index (χ0) is 11.4. The number of benzene rings is 1. The van der Waals surface area contributed by atoms with Crippen molar-refractivity contribution in [2.24, 2.45) is 7.05 Å². The smallest absolute Gasteiger partial charge is 0.0518 e. The standard InChI is InChI=1S/C13H17N3/c1-11-3-5-12(6-4-11)9-14-10-13-7-8-15-16(13)2/h3-8,14H,9-10H2,1-2H3. The number of hydrogen-bond acceptors (Lipinski definition) is 2. The third-order valence-electron chi connectivity index (χ3n) is 2.68. The van der Waals surface area contributed by atoms with Gasteiger partial charge < -0.3 is 5.32 Å². The lowest BCUT2D eigenvalue weighted by Crippen LogP contribution is -2.15. The van der Waals surface area contributed by atoms with E-state index in [9.17, 15) is 0 Å². The third-order valence-corrected chi connectivity index (χ3v) is 2.68. The lowest BCUT2D eigenvalue weighted by atomic mass is 10.1. The van der Waals surface area contributed by atoms with E-state index in [0.29, 0.717) is 0 Å². The normalized spacial score (nSPS) is 10.6. The summed E-state index contributed by atoms with van der Waals surface area (Å²) in [7, 11) is 1.96. The number of hydrogen-bond donors (Lipinski definition) is 1. The van der Waals surface area contributed by atoms with Gasteiger partial charge in [-0.25, -0.2) is 0 Å². The lowest BCUT2D eigenvalue weighted by Gasteiger charge is -2.05. The summed E-state index contributed by atoms with van der Waals surface area (Å²) in [6.45, 7) is 3.85. The monoisotopic (exact) mass is 215 g/mol. The van der Waals surface area contributed by atoms with Crippen LogP contribution in [0.1, 0.15) is 16.8 Å². The molecule has 0 unspecified atom stereocenters. The maximum atomic E-state index is 4.13. The average Bonchev–Trinajstić information content (AvgIpc) is 2.68. The molecular weight excluding hydrogens is 198 g/mol. The minimum Gasteiger partial charge on any atom is -0.307 e. The summed E-state index contributed by atoms with van der Waals surface area (Å²) in [5.41, 5.74) is 3.82. The van der Waals surface area contributed by atoms with Crippen LogP contribution in [0.5, 0.6) is 0 Å². The summed E-state index contributed by atoms with van der Waals surface area (Å²) in [5, 5.41) is 7.53. The van der Waals surface area contributed by atoms with E-state index in [1.54, 1.807) is 0 Å². The number of nitrogens with one attached hydrogen (secondary N) is 1. The Labute approximate surface area is 96.1 Å². The molecular formula is C13H17N3. The van der Waals surface area contributed by atoms with Crippen molar-refractivity contribution in [3.63, 3.8) is 0 Å². The molecule has 0 aliphatic rings. The molecule has 2 rings (SSSR count). The molecule has 0 aliphatic carbocycles. The molecule has 0 aliphatic heterocycles. The highest BCUT2D eigenvalue weighted by Gasteiger charge is 1.97. The van der Waals surface area contributed by atoms with Gasteiger partial charge in [0, 0.05) is 26.3 Å². The fourth-order valence-electron chi connectivity index (χ4n) is 1.62. The van der Waals surface area contributed by atoms with Crippen LogP contribution in [0.3, 0.4) is 0 Å². The zero-order valence-corrected chi connectivity index (χ0v) is 9.77.